The molecule has 1 saturated carbocycles. The quantitative estimate of drug-likeness (QED) is 0.560. The Bertz CT molecular complexity index is 1120. The molecule has 2 aromatic carbocycles. The highest BCUT2D eigenvalue weighted by Crippen LogP contribution is 2.27. The van der Waals surface area contributed by atoms with Gasteiger partial charge in [-0.2, -0.15) is 0 Å². The lowest BCUT2D eigenvalue weighted by atomic mass is 10.1. The van der Waals surface area contributed by atoms with Gasteiger partial charge in [-0.3, -0.25) is 13.9 Å². The van der Waals surface area contributed by atoms with Crippen LogP contribution in [0.2, 0.25) is 5.02 Å². The standard InChI is InChI=1S/C25H32ClN3O4S/c1-18-13-14-21(26)15-23(18)29(34(3,32)33)17-24(30)28(16-20-9-5-4-6-10-20)19(2)25(31)27-22-11-7-8-12-22/h4-6,9-10,13-15,19,22H,7-8,11-12,16-17H2,1-3H3,(H,27,31)/t19-/m0/s1. The number of rotatable bonds is 9. The number of sulfonamides is 1. The summed E-state index contributed by atoms with van der Waals surface area (Å²) in [6, 6.07) is 13.6. The van der Waals surface area contributed by atoms with Gasteiger partial charge in [-0.1, -0.05) is 60.8 Å². The van der Waals surface area contributed by atoms with Crippen molar-refractivity contribution >= 4 is 39.1 Å². The largest absolute Gasteiger partial charge is 0.352 e. The molecule has 0 unspecified atom stereocenters. The van der Waals surface area contributed by atoms with E-state index in [2.05, 4.69) is 5.32 Å². The second kappa shape index (κ2) is 11.2. The average Bonchev–Trinajstić information content (AvgIpc) is 3.30. The predicted octanol–water partition coefficient (Wildman–Crippen LogP) is 3.89. The molecule has 34 heavy (non-hydrogen) atoms. The van der Waals surface area contributed by atoms with Gasteiger partial charge in [0.15, 0.2) is 0 Å². The zero-order valence-electron chi connectivity index (χ0n) is 19.8. The second-order valence-electron chi connectivity index (χ2n) is 8.87. The zero-order valence-corrected chi connectivity index (χ0v) is 21.4. The average molecular weight is 506 g/mol. The molecular formula is C25H32ClN3O4S. The Hall–Kier alpha value is -2.58. The smallest absolute Gasteiger partial charge is 0.244 e. The highest BCUT2D eigenvalue weighted by atomic mass is 35.5. The molecular weight excluding hydrogens is 474 g/mol. The minimum absolute atomic E-state index is 0.116. The first kappa shape index (κ1) is 26.0. The molecule has 2 amide bonds. The van der Waals surface area contributed by atoms with E-state index in [0.717, 1.165) is 41.8 Å². The third-order valence-electron chi connectivity index (χ3n) is 6.18. The van der Waals surface area contributed by atoms with Crippen LogP contribution in [0.1, 0.15) is 43.7 Å². The van der Waals surface area contributed by atoms with Gasteiger partial charge in [-0.15, -0.1) is 0 Å². The number of carbonyl (C=O) groups is 2. The molecule has 0 spiro atoms. The normalized spacial score (nSPS) is 15.1. The third kappa shape index (κ3) is 6.73. The summed E-state index contributed by atoms with van der Waals surface area (Å²) in [5, 5.41) is 3.42. The van der Waals surface area contributed by atoms with Crippen molar-refractivity contribution < 1.29 is 18.0 Å². The van der Waals surface area contributed by atoms with E-state index in [1.165, 1.54) is 11.0 Å². The van der Waals surface area contributed by atoms with Crippen molar-refractivity contribution in [2.45, 2.75) is 58.2 Å². The van der Waals surface area contributed by atoms with E-state index < -0.39 is 28.5 Å². The number of benzene rings is 2. The fraction of sp³-hybridized carbons (Fsp3) is 0.440. The Morgan fingerprint density at radius 1 is 1.12 bits per heavy atom. The van der Waals surface area contributed by atoms with Gasteiger partial charge in [0.2, 0.25) is 21.8 Å². The molecule has 0 aromatic heterocycles. The SMILES string of the molecule is Cc1ccc(Cl)cc1N(CC(=O)N(Cc1ccccc1)[C@@H](C)C(=O)NC1CCCC1)S(C)(=O)=O. The van der Waals surface area contributed by atoms with Gasteiger partial charge in [-0.05, 0) is 49.9 Å². The lowest BCUT2D eigenvalue weighted by molar-refractivity contribution is -0.139. The van der Waals surface area contributed by atoms with E-state index in [4.69, 9.17) is 11.6 Å². The number of nitrogens with one attached hydrogen (secondary N) is 1. The monoisotopic (exact) mass is 505 g/mol. The van der Waals surface area contributed by atoms with Crippen LogP contribution in [-0.2, 0) is 26.2 Å². The van der Waals surface area contributed by atoms with Gasteiger partial charge in [0.1, 0.15) is 12.6 Å². The van der Waals surface area contributed by atoms with E-state index >= 15 is 0 Å². The summed E-state index contributed by atoms with van der Waals surface area (Å²) in [5.41, 5.74) is 1.86. The summed E-state index contributed by atoms with van der Waals surface area (Å²) in [4.78, 5) is 28.0. The van der Waals surface area contributed by atoms with Crippen LogP contribution < -0.4 is 9.62 Å². The first-order chi connectivity index (χ1) is 16.1. The zero-order chi connectivity index (χ0) is 24.9. The Kier molecular flexibility index (Phi) is 8.60. The molecule has 1 N–H and O–H groups in total. The topological polar surface area (TPSA) is 86.8 Å². The van der Waals surface area contributed by atoms with Gasteiger partial charge < -0.3 is 10.2 Å². The van der Waals surface area contributed by atoms with Crippen LogP contribution in [0.3, 0.4) is 0 Å². The van der Waals surface area contributed by atoms with E-state index in [-0.39, 0.29) is 18.5 Å². The number of halogens is 1. The summed E-state index contributed by atoms with van der Waals surface area (Å²) < 4.78 is 26.4. The van der Waals surface area contributed by atoms with Crippen molar-refractivity contribution in [3.05, 3.63) is 64.7 Å². The number of anilines is 1. The van der Waals surface area contributed by atoms with Crippen LogP contribution in [-0.4, -0.2) is 50.0 Å². The van der Waals surface area contributed by atoms with Crippen molar-refractivity contribution in [2.75, 3.05) is 17.1 Å². The Balaban J connectivity index is 1.89. The van der Waals surface area contributed by atoms with Crippen molar-refractivity contribution in [3.8, 4) is 0 Å². The Labute approximate surface area is 207 Å². The van der Waals surface area contributed by atoms with Crippen LogP contribution in [0.5, 0.6) is 0 Å². The summed E-state index contributed by atoms with van der Waals surface area (Å²) in [6.07, 6.45) is 5.07. The first-order valence-corrected chi connectivity index (χ1v) is 13.7. The second-order valence-corrected chi connectivity index (χ2v) is 11.2. The van der Waals surface area contributed by atoms with Crippen molar-refractivity contribution in [2.24, 2.45) is 0 Å². The Morgan fingerprint density at radius 3 is 2.38 bits per heavy atom. The highest BCUT2D eigenvalue weighted by Gasteiger charge is 2.31. The van der Waals surface area contributed by atoms with Crippen LogP contribution >= 0.6 is 11.6 Å². The van der Waals surface area contributed by atoms with Gasteiger partial charge in [0, 0.05) is 17.6 Å². The molecule has 1 aliphatic rings. The van der Waals surface area contributed by atoms with Crippen molar-refractivity contribution in [3.63, 3.8) is 0 Å². The summed E-state index contributed by atoms with van der Waals surface area (Å²) in [6.45, 7) is 3.19. The number of nitrogens with zero attached hydrogens (tertiary/aromatic N) is 2. The number of hydrogen-bond donors (Lipinski definition) is 1. The maximum absolute atomic E-state index is 13.6. The van der Waals surface area contributed by atoms with E-state index in [0.29, 0.717) is 16.3 Å². The van der Waals surface area contributed by atoms with Crippen molar-refractivity contribution in [1.29, 1.82) is 0 Å². The molecule has 9 heteroatoms. The first-order valence-electron chi connectivity index (χ1n) is 11.4. The maximum Gasteiger partial charge on any atom is 0.244 e. The fourth-order valence-corrected chi connectivity index (χ4v) is 5.27. The molecule has 1 atom stereocenters. The van der Waals surface area contributed by atoms with Gasteiger partial charge in [0.05, 0.1) is 11.9 Å². The third-order valence-corrected chi connectivity index (χ3v) is 7.55. The molecule has 0 heterocycles. The van der Waals surface area contributed by atoms with E-state index in [9.17, 15) is 18.0 Å². The lowest BCUT2D eigenvalue weighted by Gasteiger charge is -2.32. The molecule has 0 radical (unpaired) electrons. The van der Waals surface area contributed by atoms with Gasteiger partial charge in [-0.25, -0.2) is 8.42 Å². The maximum atomic E-state index is 13.6. The van der Waals surface area contributed by atoms with Crippen molar-refractivity contribution in [1.82, 2.24) is 10.2 Å². The summed E-state index contributed by atoms with van der Waals surface area (Å²) >= 11 is 6.12. The molecule has 1 fully saturated rings. The number of amides is 2. The van der Waals surface area contributed by atoms with E-state index in [1.54, 1.807) is 26.0 Å². The Morgan fingerprint density at radius 2 is 1.76 bits per heavy atom. The predicted molar refractivity (Wildman–Crippen MR) is 135 cm³/mol. The molecule has 184 valence electrons. The van der Waals surface area contributed by atoms with E-state index in [1.807, 2.05) is 30.3 Å². The number of aryl methyl sites for hydroxylation is 1. The van der Waals surface area contributed by atoms with Crippen LogP contribution in [0.25, 0.3) is 0 Å². The molecule has 3 rings (SSSR count). The minimum Gasteiger partial charge on any atom is -0.352 e. The summed E-state index contributed by atoms with van der Waals surface area (Å²) in [5.74, 6) is -0.705. The van der Waals surface area contributed by atoms with Crippen LogP contribution in [0.15, 0.2) is 48.5 Å². The highest BCUT2D eigenvalue weighted by molar-refractivity contribution is 7.92. The molecule has 0 saturated heterocycles. The summed E-state index contributed by atoms with van der Waals surface area (Å²) in [7, 11) is -3.80. The van der Waals surface area contributed by atoms with Crippen LogP contribution in [0.4, 0.5) is 5.69 Å². The molecule has 0 bridgehead atoms. The minimum atomic E-state index is -3.80. The number of carbonyl (C=O) groups excluding carboxylic acids is 2. The fourth-order valence-electron chi connectivity index (χ4n) is 4.20. The molecule has 2 aromatic rings. The van der Waals surface area contributed by atoms with Gasteiger partial charge >= 0.3 is 0 Å². The lowest BCUT2D eigenvalue weighted by Crippen LogP contribution is -2.52. The molecule has 7 nitrogen and oxygen atoms in total. The number of hydrogen-bond acceptors (Lipinski definition) is 4. The van der Waals surface area contributed by atoms with Gasteiger partial charge in [0.25, 0.3) is 0 Å². The molecule has 1 aliphatic carbocycles. The van der Waals surface area contributed by atoms with Crippen LogP contribution in [0, 0.1) is 6.92 Å². The molecule has 0 aliphatic heterocycles.